The van der Waals surface area contributed by atoms with Crippen LogP contribution in [-0.4, -0.2) is 17.0 Å². The molecule has 0 saturated heterocycles. The Bertz CT molecular complexity index is 660. The molecule has 0 bridgehead atoms. The van der Waals surface area contributed by atoms with Crippen molar-refractivity contribution in [1.29, 1.82) is 0 Å². The lowest BCUT2D eigenvalue weighted by molar-refractivity contribution is -0.116. The molecule has 1 aromatic heterocycles. The van der Waals surface area contributed by atoms with E-state index in [-0.39, 0.29) is 5.91 Å². The van der Waals surface area contributed by atoms with Gasteiger partial charge in [0, 0.05) is 43.3 Å². The summed E-state index contributed by atoms with van der Waals surface area (Å²) < 4.78 is 2.23. The highest BCUT2D eigenvalue weighted by atomic mass is 16.2. The molecule has 1 aliphatic heterocycles. The van der Waals surface area contributed by atoms with Crippen LogP contribution in [0.1, 0.15) is 25.1 Å². The molecule has 0 unspecified atom stereocenters. The molecule has 21 heavy (non-hydrogen) atoms. The quantitative estimate of drug-likeness (QED) is 0.936. The summed E-state index contributed by atoms with van der Waals surface area (Å²) in [6.07, 6.45) is 3.04. The second-order valence-electron chi connectivity index (χ2n) is 5.40. The number of carbonyl (C=O) groups excluding carboxylic acids is 1. The highest BCUT2D eigenvalue weighted by molar-refractivity contribution is 5.94. The zero-order valence-electron chi connectivity index (χ0n) is 12.6. The summed E-state index contributed by atoms with van der Waals surface area (Å²) in [7, 11) is 0. The summed E-state index contributed by atoms with van der Waals surface area (Å²) in [5, 5.41) is 3.47. The second-order valence-corrected chi connectivity index (χ2v) is 5.40. The minimum absolute atomic E-state index is 0.121. The molecule has 0 atom stereocenters. The van der Waals surface area contributed by atoms with Crippen LogP contribution in [0.25, 0.3) is 0 Å². The van der Waals surface area contributed by atoms with Crippen molar-refractivity contribution in [2.45, 2.75) is 33.4 Å². The molecule has 0 radical (unpaired) electrons. The number of carbonyl (C=O) groups is 1. The summed E-state index contributed by atoms with van der Waals surface area (Å²) in [6.45, 7) is 6.38. The van der Waals surface area contributed by atoms with Crippen LogP contribution in [0.5, 0.6) is 0 Å². The second kappa shape index (κ2) is 5.64. The van der Waals surface area contributed by atoms with Crippen molar-refractivity contribution in [2.24, 2.45) is 0 Å². The highest BCUT2D eigenvalue weighted by Gasteiger charge is 2.21. The van der Waals surface area contributed by atoms with E-state index in [0.717, 1.165) is 37.4 Å². The van der Waals surface area contributed by atoms with Gasteiger partial charge in [0.2, 0.25) is 5.91 Å². The van der Waals surface area contributed by atoms with Gasteiger partial charge in [0.25, 0.3) is 0 Å². The number of anilines is 2. The molecule has 4 nitrogen and oxygen atoms in total. The molecule has 2 heterocycles. The summed E-state index contributed by atoms with van der Waals surface area (Å²) >= 11 is 0. The molecular weight excluding hydrogens is 262 g/mol. The van der Waals surface area contributed by atoms with E-state index in [9.17, 15) is 4.79 Å². The van der Waals surface area contributed by atoms with E-state index in [2.05, 4.69) is 47.3 Å². The number of fused-ring (bicyclic) bond motifs is 1. The topological polar surface area (TPSA) is 37.3 Å². The summed E-state index contributed by atoms with van der Waals surface area (Å²) in [4.78, 5) is 13.4. The van der Waals surface area contributed by atoms with Crippen molar-refractivity contribution in [3.8, 4) is 0 Å². The fourth-order valence-electron chi connectivity index (χ4n) is 2.95. The van der Waals surface area contributed by atoms with E-state index in [1.54, 1.807) is 6.92 Å². The molecule has 1 amide bonds. The number of aryl methyl sites for hydroxylation is 1. The third kappa shape index (κ3) is 2.66. The van der Waals surface area contributed by atoms with Crippen molar-refractivity contribution in [1.82, 2.24) is 4.57 Å². The third-order valence-electron chi connectivity index (χ3n) is 4.09. The Morgan fingerprint density at radius 2 is 2.19 bits per heavy atom. The lowest BCUT2D eigenvalue weighted by Crippen LogP contribution is -2.25. The number of nitrogens with zero attached hydrogens (tertiary/aromatic N) is 2. The molecule has 1 aliphatic rings. The molecule has 0 spiro atoms. The smallest absolute Gasteiger partial charge is 0.223 e. The predicted molar refractivity (Wildman–Crippen MR) is 85.6 cm³/mol. The van der Waals surface area contributed by atoms with Crippen LogP contribution in [0.3, 0.4) is 0 Å². The Kier molecular flexibility index (Phi) is 3.69. The molecule has 0 aliphatic carbocycles. The monoisotopic (exact) mass is 283 g/mol. The van der Waals surface area contributed by atoms with E-state index in [0.29, 0.717) is 0 Å². The van der Waals surface area contributed by atoms with Crippen LogP contribution in [-0.2, 0) is 24.3 Å². The third-order valence-corrected chi connectivity index (χ3v) is 4.09. The van der Waals surface area contributed by atoms with Crippen molar-refractivity contribution in [3.05, 3.63) is 47.8 Å². The number of amides is 1. The molecule has 4 heteroatoms. The van der Waals surface area contributed by atoms with Crippen molar-refractivity contribution in [3.63, 3.8) is 0 Å². The first-order valence-corrected chi connectivity index (χ1v) is 7.48. The largest absolute Gasteiger partial charge is 0.379 e. The van der Waals surface area contributed by atoms with Crippen molar-refractivity contribution < 1.29 is 4.79 Å². The van der Waals surface area contributed by atoms with E-state index < -0.39 is 0 Å². The zero-order valence-corrected chi connectivity index (χ0v) is 12.6. The van der Waals surface area contributed by atoms with E-state index in [1.807, 2.05) is 11.0 Å². The molecule has 2 aromatic rings. The SMILES string of the molecule is CCn1cccc1CNc1ccc2c(c1)CCN2C(C)=O. The van der Waals surface area contributed by atoms with Crippen LogP contribution >= 0.6 is 0 Å². The molecule has 1 N–H and O–H groups in total. The molecule has 1 aromatic carbocycles. The fraction of sp³-hybridized carbons (Fsp3) is 0.353. The van der Waals surface area contributed by atoms with Gasteiger partial charge in [0.15, 0.2) is 0 Å². The van der Waals surface area contributed by atoms with Gasteiger partial charge in [-0.05, 0) is 49.2 Å². The first-order chi connectivity index (χ1) is 10.2. The molecule has 0 fully saturated rings. The maximum absolute atomic E-state index is 11.6. The Morgan fingerprint density at radius 3 is 2.95 bits per heavy atom. The summed E-state index contributed by atoms with van der Waals surface area (Å²) in [6, 6.07) is 10.5. The molecular formula is C17H21N3O. The van der Waals surface area contributed by atoms with E-state index in [4.69, 9.17) is 0 Å². The summed E-state index contributed by atoms with van der Waals surface area (Å²) in [5.74, 6) is 0.121. The van der Waals surface area contributed by atoms with Gasteiger partial charge in [-0.25, -0.2) is 0 Å². The standard InChI is InChI=1S/C17H21N3O/c1-3-19-9-4-5-16(19)12-18-15-6-7-17-14(11-15)8-10-20(17)13(2)21/h4-7,9,11,18H,3,8,10,12H2,1-2H3. The van der Waals surface area contributed by atoms with Gasteiger partial charge in [0.1, 0.15) is 0 Å². The lowest BCUT2D eigenvalue weighted by Gasteiger charge is -2.15. The Balaban J connectivity index is 1.72. The predicted octanol–water partition coefficient (Wildman–Crippen LogP) is 3.03. The molecule has 0 saturated carbocycles. The first-order valence-electron chi connectivity index (χ1n) is 7.48. The van der Waals surface area contributed by atoms with Crippen LogP contribution in [0.4, 0.5) is 11.4 Å². The number of benzene rings is 1. The molecule has 3 rings (SSSR count). The average molecular weight is 283 g/mol. The van der Waals surface area contributed by atoms with Gasteiger partial charge in [-0.3, -0.25) is 4.79 Å². The average Bonchev–Trinajstić information content (AvgIpc) is 3.10. The molecule has 110 valence electrons. The van der Waals surface area contributed by atoms with Gasteiger partial charge in [-0.1, -0.05) is 0 Å². The van der Waals surface area contributed by atoms with E-state index in [1.165, 1.54) is 11.3 Å². The van der Waals surface area contributed by atoms with Crippen LogP contribution in [0.2, 0.25) is 0 Å². The maximum atomic E-state index is 11.6. The maximum Gasteiger partial charge on any atom is 0.223 e. The van der Waals surface area contributed by atoms with Crippen molar-refractivity contribution in [2.75, 3.05) is 16.8 Å². The minimum Gasteiger partial charge on any atom is -0.379 e. The van der Waals surface area contributed by atoms with E-state index >= 15 is 0 Å². The van der Waals surface area contributed by atoms with Crippen molar-refractivity contribution >= 4 is 17.3 Å². The Morgan fingerprint density at radius 1 is 1.33 bits per heavy atom. The lowest BCUT2D eigenvalue weighted by atomic mass is 10.1. The minimum atomic E-state index is 0.121. The van der Waals surface area contributed by atoms with Crippen LogP contribution in [0, 0.1) is 0 Å². The summed E-state index contributed by atoms with van der Waals surface area (Å²) in [5.41, 5.74) is 4.71. The highest BCUT2D eigenvalue weighted by Crippen LogP contribution is 2.30. The van der Waals surface area contributed by atoms with Gasteiger partial charge < -0.3 is 14.8 Å². The number of rotatable bonds is 4. The van der Waals surface area contributed by atoms with Gasteiger partial charge in [0.05, 0.1) is 6.54 Å². The fourth-order valence-corrected chi connectivity index (χ4v) is 2.95. The van der Waals surface area contributed by atoms with Gasteiger partial charge in [-0.15, -0.1) is 0 Å². The number of aromatic nitrogens is 1. The Hall–Kier alpha value is -2.23. The van der Waals surface area contributed by atoms with Crippen LogP contribution < -0.4 is 10.2 Å². The number of hydrogen-bond acceptors (Lipinski definition) is 2. The van der Waals surface area contributed by atoms with Crippen LogP contribution in [0.15, 0.2) is 36.5 Å². The van der Waals surface area contributed by atoms with Gasteiger partial charge in [-0.2, -0.15) is 0 Å². The van der Waals surface area contributed by atoms with Gasteiger partial charge >= 0.3 is 0 Å². The normalized spacial score (nSPS) is 13.3. The zero-order chi connectivity index (χ0) is 14.8. The number of nitrogens with one attached hydrogen (secondary N) is 1. The Labute approximate surface area is 125 Å². The first kappa shape index (κ1) is 13.7. The number of hydrogen-bond donors (Lipinski definition) is 1.